The molecule has 0 radical (unpaired) electrons. The summed E-state index contributed by atoms with van der Waals surface area (Å²) in [4.78, 5) is 23.2. The Morgan fingerprint density at radius 3 is 2.60 bits per heavy atom. The van der Waals surface area contributed by atoms with Crippen molar-refractivity contribution in [1.82, 2.24) is 19.4 Å². The first-order chi connectivity index (χ1) is 12.2. The van der Waals surface area contributed by atoms with Crippen molar-refractivity contribution < 1.29 is 4.79 Å². The van der Waals surface area contributed by atoms with Crippen LogP contribution in [0.4, 0.5) is 0 Å². The number of amides is 1. The summed E-state index contributed by atoms with van der Waals surface area (Å²) in [6.45, 7) is 3.21. The number of carbonyl (C=O) groups excluding carboxylic acids is 1. The topological polar surface area (TPSA) is 51.0 Å². The first-order valence-corrected chi connectivity index (χ1v) is 8.45. The number of carbonyl (C=O) groups is 1. The van der Waals surface area contributed by atoms with Gasteiger partial charge in [-0.05, 0) is 29.7 Å². The molecular weight excluding hydrogens is 312 g/mol. The highest BCUT2D eigenvalue weighted by atomic mass is 16.2. The molecule has 0 aliphatic rings. The van der Waals surface area contributed by atoms with Crippen molar-refractivity contribution in [2.24, 2.45) is 7.05 Å². The molecular formula is C20H22N4O. The molecule has 1 amide bonds. The van der Waals surface area contributed by atoms with Gasteiger partial charge in [0.2, 0.25) is 0 Å². The van der Waals surface area contributed by atoms with Crippen LogP contribution in [0.15, 0.2) is 61.2 Å². The molecule has 2 aromatic heterocycles. The van der Waals surface area contributed by atoms with Crippen LogP contribution in [0.3, 0.4) is 0 Å². The summed E-state index contributed by atoms with van der Waals surface area (Å²) in [6, 6.07) is 14.2. The van der Waals surface area contributed by atoms with Crippen molar-refractivity contribution >= 4 is 5.91 Å². The number of imidazole rings is 1. The third kappa shape index (κ3) is 4.12. The minimum atomic E-state index is -0.0608. The minimum Gasteiger partial charge on any atom is -0.340 e. The number of benzene rings is 1. The van der Waals surface area contributed by atoms with E-state index in [0.717, 1.165) is 23.2 Å². The largest absolute Gasteiger partial charge is 0.340 e. The van der Waals surface area contributed by atoms with E-state index in [1.165, 1.54) is 0 Å². The normalized spacial score (nSPS) is 10.6. The fraction of sp³-hybridized carbons (Fsp3) is 0.250. The molecule has 128 valence electrons. The zero-order valence-electron chi connectivity index (χ0n) is 14.6. The van der Waals surface area contributed by atoms with Gasteiger partial charge in [0, 0.05) is 26.0 Å². The molecule has 0 spiro atoms. The van der Waals surface area contributed by atoms with Crippen LogP contribution >= 0.6 is 0 Å². The summed E-state index contributed by atoms with van der Waals surface area (Å²) < 4.78 is 1.78. The highest BCUT2D eigenvalue weighted by Gasteiger charge is 2.18. The van der Waals surface area contributed by atoms with Gasteiger partial charge in [-0.2, -0.15) is 0 Å². The molecule has 0 saturated carbocycles. The Morgan fingerprint density at radius 2 is 1.92 bits per heavy atom. The second-order valence-corrected chi connectivity index (χ2v) is 6.05. The third-order valence-electron chi connectivity index (χ3n) is 3.98. The zero-order valence-corrected chi connectivity index (χ0v) is 14.6. The standard InChI is InChI=1S/C20H22N4O/c1-3-11-24(20(25)19-14-23(2)15-22-19)13-18-12-17(9-10-21-18)16-7-5-4-6-8-16/h4-10,12,14-15H,3,11,13H2,1-2H3. The maximum atomic E-state index is 12.7. The van der Waals surface area contributed by atoms with Gasteiger partial charge in [0.1, 0.15) is 5.69 Å². The summed E-state index contributed by atoms with van der Waals surface area (Å²) in [5, 5.41) is 0. The molecule has 3 aromatic rings. The molecule has 5 nitrogen and oxygen atoms in total. The van der Waals surface area contributed by atoms with Gasteiger partial charge in [-0.25, -0.2) is 4.98 Å². The predicted molar refractivity (Wildman–Crippen MR) is 97.9 cm³/mol. The molecule has 1 aromatic carbocycles. The second kappa shape index (κ2) is 7.75. The monoisotopic (exact) mass is 334 g/mol. The summed E-state index contributed by atoms with van der Waals surface area (Å²) >= 11 is 0. The molecule has 3 rings (SSSR count). The van der Waals surface area contributed by atoms with Gasteiger partial charge in [0.15, 0.2) is 0 Å². The molecule has 0 unspecified atom stereocenters. The molecule has 0 aliphatic carbocycles. The van der Waals surface area contributed by atoms with Crippen LogP contribution in [0.25, 0.3) is 11.1 Å². The summed E-state index contributed by atoms with van der Waals surface area (Å²) in [5.41, 5.74) is 3.59. The lowest BCUT2D eigenvalue weighted by Crippen LogP contribution is -2.31. The molecule has 0 bridgehead atoms. The summed E-state index contributed by atoms with van der Waals surface area (Å²) in [6.07, 6.45) is 6.08. The Balaban J connectivity index is 1.82. The number of pyridine rings is 1. The van der Waals surface area contributed by atoms with Crippen molar-refractivity contribution in [2.45, 2.75) is 19.9 Å². The Bertz CT molecular complexity index is 842. The smallest absolute Gasteiger partial charge is 0.274 e. The van der Waals surface area contributed by atoms with Crippen LogP contribution in [0.1, 0.15) is 29.5 Å². The maximum absolute atomic E-state index is 12.7. The fourth-order valence-electron chi connectivity index (χ4n) is 2.78. The van der Waals surface area contributed by atoms with E-state index in [9.17, 15) is 4.79 Å². The van der Waals surface area contributed by atoms with Crippen molar-refractivity contribution in [3.05, 3.63) is 72.6 Å². The third-order valence-corrected chi connectivity index (χ3v) is 3.98. The van der Waals surface area contributed by atoms with Crippen molar-refractivity contribution in [2.75, 3.05) is 6.54 Å². The van der Waals surface area contributed by atoms with Gasteiger partial charge in [-0.15, -0.1) is 0 Å². The van der Waals surface area contributed by atoms with E-state index in [1.807, 2.05) is 37.4 Å². The fourth-order valence-corrected chi connectivity index (χ4v) is 2.78. The van der Waals surface area contributed by atoms with Crippen LogP contribution in [0, 0.1) is 0 Å². The quantitative estimate of drug-likeness (QED) is 0.693. The van der Waals surface area contributed by atoms with Gasteiger partial charge in [-0.3, -0.25) is 9.78 Å². The lowest BCUT2D eigenvalue weighted by Gasteiger charge is -2.21. The van der Waals surface area contributed by atoms with Crippen LogP contribution < -0.4 is 0 Å². The van der Waals surface area contributed by atoms with E-state index >= 15 is 0 Å². The molecule has 2 heterocycles. The highest BCUT2D eigenvalue weighted by molar-refractivity contribution is 5.92. The van der Waals surface area contributed by atoms with Crippen LogP contribution in [-0.2, 0) is 13.6 Å². The van der Waals surface area contributed by atoms with E-state index in [-0.39, 0.29) is 5.91 Å². The number of hydrogen-bond acceptors (Lipinski definition) is 3. The van der Waals surface area contributed by atoms with E-state index < -0.39 is 0 Å². The van der Waals surface area contributed by atoms with E-state index in [0.29, 0.717) is 18.8 Å². The summed E-state index contributed by atoms with van der Waals surface area (Å²) in [7, 11) is 1.86. The van der Waals surface area contributed by atoms with Gasteiger partial charge < -0.3 is 9.47 Å². The lowest BCUT2D eigenvalue weighted by atomic mass is 10.1. The first kappa shape index (κ1) is 16.9. The molecule has 0 aliphatic heterocycles. The number of rotatable bonds is 6. The molecule has 0 saturated heterocycles. The second-order valence-electron chi connectivity index (χ2n) is 6.05. The lowest BCUT2D eigenvalue weighted by molar-refractivity contribution is 0.0735. The molecule has 5 heteroatoms. The van der Waals surface area contributed by atoms with Gasteiger partial charge in [-0.1, -0.05) is 37.3 Å². The molecule has 0 fully saturated rings. The number of nitrogens with zero attached hydrogens (tertiary/aromatic N) is 4. The van der Waals surface area contributed by atoms with Crippen LogP contribution in [0.2, 0.25) is 0 Å². The van der Waals surface area contributed by atoms with Crippen molar-refractivity contribution in [3.8, 4) is 11.1 Å². The SMILES string of the molecule is CCCN(Cc1cc(-c2ccccc2)ccn1)C(=O)c1cn(C)cn1. The Kier molecular flexibility index (Phi) is 5.23. The highest BCUT2D eigenvalue weighted by Crippen LogP contribution is 2.20. The number of aromatic nitrogens is 3. The van der Waals surface area contributed by atoms with Crippen LogP contribution in [0.5, 0.6) is 0 Å². The number of aryl methyl sites for hydroxylation is 1. The van der Waals surface area contributed by atoms with Crippen molar-refractivity contribution in [3.63, 3.8) is 0 Å². The van der Waals surface area contributed by atoms with E-state index in [1.54, 1.807) is 28.2 Å². The first-order valence-electron chi connectivity index (χ1n) is 8.45. The molecule has 25 heavy (non-hydrogen) atoms. The average Bonchev–Trinajstić information content (AvgIpc) is 3.08. The minimum absolute atomic E-state index is 0.0608. The van der Waals surface area contributed by atoms with Gasteiger partial charge >= 0.3 is 0 Å². The summed E-state index contributed by atoms with van der Waals surface area (Å²) in [5.74, 6) is -0.0608. The maximum Gasteiger partial charge on any atom is 0.274 e. The van der Waals surface area contributed by atoms with Crippen molar-refractivity contribution in [1.29, 1.82) is 0 Å². The predicted octanol–water partition coefficient (Wildman–Crippen LogP) is 3.53. The molecule has 0 N–H and O–H groups in total. The van der Waals surface area contributed by atoms with Gasteiger partial charge in [0.25, 0.3) is 5.91 Å². The Labute approximate surface area is 148 Å². The average molecular weight is 334 g/mol. The van der Waals surface area contributed by atoms with E-state index in [4.69, 9.17) is 0 Å². The van der Waals surface area contributed by atoms with E-state index in [2.05, 4.69) is 29.0 Å². The van der Waals surface area contributed by atoms with Gasteiger partial charge in [0.05, 0.1) is 18.6 Å². The van der Waals surface area contributed by atoms with Crippen LogP contribution in [-0.4, -0.2) is 31.9 Å². The molecule has 0 atom stereocenters. The zero-order chi connectivity index (χ0) is 17.6. The number of hydrogen-bond donors (Lipinski definition) is 0. The Morgan fingerprint density at radius 1 is 1.12 bits per heavy atom. The Hall–Kier alpha value is -2.95.